The Bertz CT molecular complexity index is 571. The molecular weight excluding hydrogens is 354 g/mol. The quantitative estimate of drug-likeness (QED) is 0.266. The highest BCUT2D eigenvalue weighted by atomic mass is 16.5. The van der Waals surface area contributed by atoms with Crippen LogP contribution in [0.2, 0.25) is 0 Å². The molecule has 1 aromatic heterocycles. The van der Waals surface area contributed by atoms with Crippen molar-refractivity contribution in [3.63, 3.8) is 0 Å². The summed E-state index contributed by atoms with van der Waals surface area (Å²) < 4.78 is 10.4. The van der Waals surface area contributed by atoms with Crippen LogP contribution in [0.3, 0.4) is 0 Å². The molecule has 0 aliphatic heterocycles. The molecule has 1 aromatic rings. The van der Waals surface area contributed by atoms with Crippen molar-refractivity contribution in [2.24, 2.45) is 0 Å². The smallest absolute Gasteiger partial charge is 0.357 e. The Kier molecular flexibility index (Phi) is 13.0. The number of esters is 2. The summed E-state index contributed by atoms with van der Waals surface area (Å²) in [6, 6.07) is 4.70. The van der Waals surface area contributed by atoms with Crippen molar-refractivity contribution in [1.29, 1.82) is 0 Å². The van der Waals surface area contributed by atoms with E-state index in [9.17, 15) is 9.59 Å². The first-order valence-electron chi connectivity index (χ1n) is 10.9. The van der Waals surface area contributed by atoms with E-state index in [-0.39, 0.29) is 17.5 Å². The second-order valence-electron chi connectivity index (χ2n) is 7.53. The SMILES string of the molecule is CCCCCCCCCCCCCOC(=O)c1cccc(C(=O)OC(C)C)n1. The molecule has 0 atom stereocenters. The van der Waals surface area contributed by atoms with E-state index in [2.05, 4.69) is 11.9 Å². The topological polar surface area (TPSA) is 65.5 Å². The zero-order valence-corrected chi connectivity index (χ0v) is 17.9. The molecule has 0 spiro atoms. The van der Waals surface area contributed by atoms with Gasteiger partial charge in [-0.1, -0.05) is 77.2 Å². The Morgan fingerprint density at radius 1 is 0.821 bits per heavy atom. The lowest BCUT2D eigenvalue weighted by Crippen LogP contribution is -2.15. The fourth-order valence-corrected chi connectivity index (χ4v) is 2.94. The van der Waals surface area contributed by atoms with Crippen molar-refractivity contribution in [1.82, 2.24) is 4.98 Å². The number of hydrogen-bond acceptors (Lipinski definition) is 5. The second-order valence-corrected chi connectivity index (χ2v) is 7.53. The molecule has 158 valence electrons. The number of rotatable bonds is 15. The largest absolute Gasteiger partial charge is 0.461 e. The van der Waals surface area contributed by atoms with Gasteiger partial charge in [0.05, 0.1) is 12.7 Å². The minimum Gasteiger partial charge on any atom is -0.461 e. The van der Waals surface area contributed by atoms with Crippen LogP contribution in [0.4, 0.5) is 0 Å². The summed E-state index contributed by atoms with van der Waals surface area (Å²) in [6.07, 6.45) is 13.5. The number of unbranched alkanes of at least 4 members (excludes halogenated alkanes) is 10. The van der Waals surface area contributed by atoms with Crippen molar-refractivity contribution in [3.05, 3.63) is 29.6 Å². The number of pyridine rings is 1. The molecule has 0 unspecified atom stereocenters. The standard InChI is InChI=1S/C23H37NO4/c1-4-5-6-7-8-9-10-11-12-13-14-18-27-22(25)20-16-15-17-21(24-20)23(26)28-19(2)3/h15-17,19H,4-14,18H2,1-3H3. The Morgan fingerprint density at radius 3 is 1.86 bits per heavy atom. The van der Waals surface area contributed by atoms with Crippen LogP contribution in [-0.2, 0) is 9.47 Å². The molecule has 0 saturated carbocycles. The van der Waals surface area contributed by atoms with E-state index in [1.807, 2.05) is 0 Å². The number of nitrogens with zero attached hydrogens (tertiary/aromatic N) is 1. The van der Waals surface area contributed by atoms with Gasteiger partial charge in [0.1, 0.15) is 11.4 Å². The van der Waals surface area contributed by atoms with Gasteiger partial charge in [-0.15, -0.1) is 0 Å². The van der Waals surface area contributed by atoms with Gasteiger partial charge in [0, 0.05) is 0 Å². The van der Waals surface area contributed by atoms with E-state index >= 15 is 0 Å². The first-order chi connectivity index (χ1) is 13.5. The lowest BCUT2D eigenvalue weighted by molar-refractivity contribution is 0.0370. The molecule has 1 rings (SSSR count). The lowest BCUT2D eigenvalue weighted by Gasteiger charge is -2.08. The molecule has 0 N–H and O–H groups in total. The second kappa shape index (κ2) is 15.1. The molecule has 5 heteroatoms. The fraction of sp³-hybridized carbons (Fsp3) is 0.696. The van der Waals surface area contributed by atoms with Crippen molar-refractivity contribution in [2.75, 3.05) is 6.61 Å². The van der Waals surface area contributed by atoms with Crippen LogP contribution >= 0.6 is 0 Å². The molecule has 0 fully saturated rings. The number of carbonyl (C=O) groups excluding carboxylic acids is 2. The van der Waals surface area contributed by atoms with Gasteiger partial charge in [-0.05, 0) is 32.4 Å². The molecule has 1 heterocycles. The summed E-state index contributed by atoms with van der Waals surface area (Å²) in [7, 11) is 0. The van der Waals surface area contributed by atoms with Crippen LogP contribution < -0.4 is 0 Å². The summed E-state index contributed by atoms with van der Waals surface area (Å²) in [5.41, 5.74) is 0.263. The van der Waals surface area contributed by atoms with Gasteiger partial charge in [-0.25, -0.2) is 14.6 Å². The van der Waals surface area contributed by atoms with Crippen LogP contribution in [0.5, 0.6) is 0 Å². The zero-order chi connectivity index (χ0) is 20.6. The maximum absolute atomic E-state index is 12.1. The molecule has 0 saturated heterocycles. The van der Waals surface area contributed by atoms with Crippen molar-refractivity contribution < 1.29 is 19.1 Å². The molecule has 0 aliphatic rings. The maximum Gasteiger partial charge on any atom is 0.357 e. The monoisotopic (exact) mass is 391 g/mol. The maximum atomic E-state index is 12.1. The highest BCUT2D eigenvalue weighted by molar-refractivity contribution is 5.91. The van der Waals surface area contributed by atoms with Gasteiger partial charge in [-0.2, -0.15) is 0 Å². The molecule has 0 aromatic carbocycles. The molecule has 28 heavy (non-hydrogen) atoms. The van der Waals surface area contributed by atoms with Gasteiger partial charge >= 0.3 is 11.9 Å². The Hall–Kier alpha value is -1.91. The lowest BCUT2D eigenvalue weighted by atomic mass is 10.1. The Labute approximate surface area is 170 Å². The molecule has 0 amide bonds. The summed E-state index contributed by atoms with van der Waals surface area (Å²) in [4.78, 5) is 28.0. The van der Waals surface area contributed by atoms with Gasteiger partial charge in [-0.3, -0.25) is 0 Å². The Morgan fingerprint density at radius 2 is 1.32 bits per heavy atom. The highest BCUT2D eigenvalue weighted by Gasteiger charge is 2.15. The number of carbonyl (C=O) groups is 2. The molecule has 0 radical (unpaired) electrons. The molecule has 5 nitrogen and oxygen atoms in total. The van der Waals surface area contributed by atoms with E-state index in [1.54, 1.807) is 26.0 Å². The highest BCUT2D eigenvalue weighted by Crippen LogP contribution is 2.11. The third kappa shape index (κ3) is 11.1. The van der Waals surface area contributed by atoms with Crippen LogP contribution in [-0.4, -0.2) is 29.6 Å². The summed E-state index contributed by atoms with van der Waals surface area (Å²) in [5, 5.41) is 0. The van der Waals surface area contributed by atoms with E-state index in [1.165, 1.54) is 63.9 Å². The molecule has 0 bridgehead atoms. The van der Waals surface area contributed by atoms with Gasteiger partial charge in [0.25, 0.3) is 0 Å². The van der Waals surface area contributed by atoms with Crippen molar-refractivity contribution >= 4 is 11.9 Å². The van der Waals surface area contributed by atoms with Crippen LogP contribution in [0, 0.1) is 0 Å². The van der Waals surface area contributed by atoms with E-state index in [4.69, 9.17) is 9.47 Å². The number of ether oxygens (including phenoxy) is 2. The fourth-order valence-electron chi connectivity index (χ4n) is 2.94. The van der Waals surface area contributed by atoms with Gasteiger partial charge in [0.15, 0.2) is 0 Å². The average molecular weight is 392 g/mol. The van der Waals surface area contributed by atoms with Crippen molar-refractivity contribution in [3.8, 4) is 0 Å². The van der Waals surface area contributed by atoms with Crippen molar-refractivity contribution in [2.45, 2.75) is 97.5 Å². The van der Waals surface area contributed by atoms with E-state index < -0.39 is 11.9 Å². The third-order valence-electron chi connectivity index (χ3n) is 4.49. The summed E-state index contributed by atoms with van der Waals surface area (Å²) in [5.74, 6) is -1.03. The molecular formula is C23H37NO4. The molecule has 0 aliphatic carbocycles. The normalized spacial score (nSPS) is 10.9. The third-order valence-corrected chi connectivity index (χ3v) is 4.49. The minimum atomic E-state index is -0.532. The van der Waals surface area contributed by atoms with E-state index in [0.29, 0.717) is 6.61 Å². The van der Waals surface area contributed by atoms with Crippen LogP contribution in [0.25, 0.3) is 0 Å². The summed E-state index contributed by atoms with van der Waals surface area (Å²) >= 11 is 0. The number of hydrogen-bond donors (Lipinski definition) is 0. The average Bonchev–Trinajstić information content (AvgIpc) is 2.68. The zero-order valence-electron chi connectivity index (χ0n) is 17.9. The van der Waals surface area contributed by atoms with Crippen LogP contribution in [0.1, 0.15) is 112 Å². The predicted octanol–water partition coefficient (Wildman–Crippen LogP) is 6.11. The predicted molar refractivity (Wildman–Crippen MR) is 112 cm³/mol. The first kappa shape index (κ1) is 24.1. The van der Waals surface area contributed by atoms with Crippen LogP contribution in [0.15, 0.2) is 18.2 Å². The summed E-state index contributed by atoms with van der Waals surface area (Å²) in [6.45, 7) is 6.17. The number of aromatic nitrogens is 1. The minimum absolute atomic E-state index is 0.123. The van der Waals surface area contributed by atoms with Gasteiger partial charge in [0.2, 0.25) is 0 Å². The first-order valence-corrected chi connectivity index (χ1v) is 10.9. The Balaban J connectivity index is 2.13. The van der Waals surface area contributed by atoms with E-state index in [0.717, 1.165) is 12.8 Å². The van der Waals surface area contributed by atoms with Gasteiger partial charge < -0.3 is 9.47 Å².